The Balaban J connectivity index is 4.36. The van der Waals surface area contributed by atoms with Crippen LogP contribution in [0.25, 0.3) is 0 Å². The summed E-state index contributed by atoms with van der Waals surface area (Å²) in [4.78, 5) is 1.05. The predicted molar refractivity (Wildman–Crippen MR) is 56.0 cm³/mol. The highest BCUT2D eigenvalue weighted by atomic mass is 32.1. The molecular formula is C10H18S. The van der Waals surface area contributed by atoms with Crippen molar-refractivity contribution in [2.75, 3.05) is 0 Å². The fourth-order valence-electron chi connectivity index (χ4n) is 0.496. The monoisotopic (exact) mass is 170 g/mol. The van der Waals surface area contributed by atoms with E-state index in [1.54, 1.807) is 0 Å². The maximum Gasteiger partial charge on any atom is -0.0173 e. The molecule has 0 aromatic heterocycles. The van der Waals surface area contributed by atoms with Gasteiger partial charge in [0.25, 0.3) is 0 Å². The second kappa shape index (κ2) is 4.01. The van der Waals surface area contributed by atoms with Gasteiger partial charge in [-0.1, -0.05) is 38.5 Å². The lowest BCUT2D eigenvalue weighted by Gasteiger charge is -2.18. The maximum absolute atomic E-state index is 4.18. The molecule has 64 valence electrons. The van der Waals surface area contributed by atoms with Crippen molar-refractivity contribution in [1.29, 1.82) is 0 Å². The Hall–Kier alpha value is -0.170. The average Bonchev–Trinajstić information content (AvgIpc) is 1.80. The van der Waals surface area contributed by atoms with Gasteiger partial charge < -0.3 is 0 Å². The summed E-state index contributed by atoms with van der Waals surface area (Å²) in [5.74, 6) is 0. The van der Waals surface area contributed by atoms with Crippen molar-refractivity contribution in [3.05, 3.63) is 22.6 Å². The summed E-state index contributed by atoms with van der Waals surface area (Å²) in [5.41, 5.74) is 1.66. The molecule has 0 amide bonds. The van der Waals surface area contributed by atoms with Crippen molar-refractivity contribution in [1.82, 2.24) is 0 Å². The molecule has 0 radical (unpaired) electrons. The molecule has 0 heterocycles. The largest absolute Gasteiger partial charge is 0.148 e. The molecule has 0 rings (SSSR count). The summed E-state index contributed by atoms with van der Waals surface area (Å²) in [6.45, 7) is 10.8. The van der Waals surface area contributed by atoms with Gasteiger partial charge in [-0.2, -0.15) is 0 Å². The van der Waals surface area contributed by atoms with Gasteiger partial charge in [0.2, 0.25) is 0 Å². The zero-order valence-corrected chi connectivity index (χ0v) is 9.00. The number of rotatable bonds is 1. The van der Waals surface area contributed by atoms with Gasteiger partial charge in [0.15, 0.2) is 0 Å². The third-order valence-electron chi connectivity index (χ3n) is 1.76. The Morgan fingerprint density at radius 3 is 1.82 bits per heavy atom. The van der Waals surface area contributed by atoms with Gasteiger partial charge in [-0.15, -0.1) is 12.6 Å². The molecule has 0 atom stereocenters. The van der Waals surface area contributed by atoms with Crippen LogP contribution < -0.4 is 0 Å². The summed E-state index contributed by atoms with van der Waals surface area (Å²) in [6.07, 6.45) is 4.16. The van der Waals surface area contributed by atoms with Crippen molar-refractivity contribution in [3.63, 3.8) is 0 Å². The van der Waals surface area contributed by atoms with E-state index in [4.69, 9.17) is 0 Å². The first-order valence-corrected chi connectivity index (χ1v) is 4.33. The normalized spacial score (nSPS) is 15.5. The highest BCUT2D eigenvalue weighted by molar-refractivity contribution is 7.84. The number of thiol groups is 1. The van der Waals surface area contributed by atoms with E-state index in [1.165, 1.54) is 5.57 Å². The number of allylic oxidation sites excluding steroid dienone is 4. The first-order valence-electron chi connectivity index (χ1n) is 3.88. The minimum absolute atomic E-state index is 0.278. The van der Waals surface area contributed by atoms with Crippen LogP contribution >= 0.6 is 12.6 Å². The molecular weight excluding hydrogens is 152 g/mol. The van der Waals surface area contributed by atoms with Crippen LogP contribution in [0.2, 0.25) is 0 Å². The van der Waals surface area contributed by atoms with Crippen molar-refractivity contribution in [2.45, 2.75) is 34.6 Å². The molecule has 0 saturated carbocycles. The minimum Gasteiger partial charge on any atom is -0.148 e. The Morgan fingerprint density at radius 1 is 1.09 bits per heavy atom. The molecule has 0 N–H and O–H groups in total. The van der Waals surface area contributed by atoms with Gasteiger partial charge in [0, 0.05) is 0 Å². The zero-order valence-electron chi connectivity index (χ0n) is 8.10. The number of hydrogen-bond donors (Lipinski definition) is 1. The van der Waals surface area contributed by atoms with Gasteiger partial charge in [-0.05, 0) is 24.2 Å². The second-order valence-corrected chi connectivity index (χ2v) is 4.61. The average molecular weight is 170 g/mol. The van der Waals surface area contributed by atoms with Gasteiger partial charge in [-0.25, -0.2) is 0 Å². The molecule has 0 aliphatic heterocycles. The fraction of sp³-hybridized carbons (Fsp3) is 0.600. The lowest BCUT2D eigenvalue weighted by Crippen LogP contribution is -2.05. The van der Waals surface area contributed by atoms with Crippen molar-refractivity contribution < 1.29 is 0 Å². The highest BCUT2D eigenvalue weighted by Gasteiger charge is 2.10. The topological polar surface area (TPSA) is 0 Å². The fourth-order valence-corrected chi connectivity index (χ4v) is 0.570. The Bertz CT molecular complexity index is 176. The zero-order chi connectivity index (χ0) is 9.07. The van der Waals surface area contributed by atoms with Crippen molar-refractivity contribution in [2.24, 2.45) is 5.41 Å². The molecule has 0 unspecified atom stereocenters. The summed E-state index contributed by atoms with van der Waals surface area (Å²) in [5, 5.41) is 0. The third-order valence-corrected chi connectivity index (χ3v) is 1.91. The van der Waals surface area contributed by atoms with E-state index in [0.29, 0.717) is 0 Å². The van der Waals surface area contributed by atoms with Gasteiger partial charge in [0.05, 0.1) is 0 Å². The Labute approximate surface area is 75.8 Å². The minimum atomic E-state index is 0.278. The van der Waals surface area contributed by atoms with E-state index in [9.17, 15) is 0 Å². The van der Waals surface area contributed by atoms with Crippen LogP contribution in [0.15, 0.2) is 22.6 Å². The van der Waals surface area contributed by atoms with E-state index in [0.717, 1.165) is 4.91 Å². The second-order valence-electron chi connectivity index (χ2n) is 3.91. The van der Waals surface area contributed by atoms with E-state index >= 15 is 0 Å². The van der Waals surface area contributed by atoms with Crippen LogP contribution in [-0.4, -0.2) is 0 Å². The Kier molecular flexibility index (Phi) is 3.95. The summed E-state index contributed by atoms with van der Waals surface area (Å²) in [7, 11) is 0. The highest BCUT2D eigenvalue weighted by Crippen LogP contribution is 2.24. The van der Waals surface area contributed by atoms with E-state index in [1.807, 2.05) is 13.0 Å². The van der Waals surface area contributed by atoms with Crippen molar-refractivity contribution >= 4 is 12.6 Å². The molecule has 1 heteroatoms. The van der Waals surface area contributed by atoms with Crippen LogP contribution in [0, 0.1) is 5.41 Å². The molecule has 0 spiro atoms. The summed E-state index contributed by atoms with van der Waals surface area (Å²) >= 11 is 4.18. The smallest absolute Gasteiger partial charge is 0.0173 e. The molecule has 0 aromatic rings. The predicted octanol–water partition coefficient (Wildman–Crippen LogP) is 3.81. The van der Waals surface area contributed by atoms with E-state index in [-0.39, 0.29) is 5.41 Å². The van der Waals surface area contributed by atoms with Crippen LogP contribution in [0.3, 0.4) is 0 Å². The van der Waals surface area contributed by atoms with Gasteiger partial charge in [-0.3, -0.25) is 0 Å². The maximum atomic E-state index is 4.18. The SMILES string of the molecule is C/C(S)=C\C=C(/C)C(C)(C)C. The number of hydrogen-bond acceptors (Lipinski definition) is 1. The van der Waals surface area contributed by atoms with Crippen LogP contribution in [0.4, 0.5) is 0 Å². The first-order chi connectivity index (χ1) is 4.84. The van der Waals surface area contributed by atoms with E-state index < -0.39 is 0 Å². The van der Waals surface area contributed by atoms with Gasteiger partial charge in [0.1, 0.15) is 0 Å². The summed E-state index contributed by atoms with van der Waals surface area (Å²) in [6, 6.07) is 0. The molecule has 0 saturated heterocycles. The molecule has 11 heavy (non-hydrogen) atoms. The van der Waals surface area contributed by atoms with Crippen LogP contribution in [0.5, 0.6) is 0 Å². The van der Waals surface area contributed by atoms with Crippen molar-refractivity contribution in [3.8, 4) is 0 Å². The first kappa shape index (κ1) is 10.8. The molecule has 0 bridgehead atoms. The van der Waals surface area contributed by atoms with Gasteiger partial charge >= 0.3 is 0 Å². The molecule has 0 fully saturated rings. The molecule has 0 aromatic carbocycles. The quantitative estimate of drug-likeness (QED) is 0.449. The third kappa shape index (κ3) is 5.14. The van der Waals surface area contributed by atoms with Crippen LogP contribution in [-0.2, 0) is 0 Å². The lowest BCUT2D eigenvalue weighted by atomic mass is 9.87. The Morgan fingerprint density at radius 2 is 1.55 bits per heavy atom. The van der Waals surface area contributed by atoms with Crippen LogP contribution in [0.1, 0.15) is 34.6 Å². The van der Waals surface area contributed by atoms with E-state index in [2.05, 4.69) is 46.4 Å². The molecule has 0 aliphatic rings. The molecule has 0 aliphatic carbocycles. The molecule has 0 nitrogen and oxygen atoms in total. The summed E-state index contributed by atoms with van der Waals surface area (Å²) < 4.78 is 0. The lowest BCUT2D eigenvalue weighted by molar-refractivity contribution is 0.504. The standard InChI is InChI=1S/C10H18S/c1-8(10(3,4)5)6-7-9(2)11/h6-7,11H,1-5H3/b8-6+,9-7+.